The third-order valence-corrected chi connectivity index (χ3v) is 9.09. The van der Waals surface area contributed by atoms with Gasteiger partial charge in [0, 0.05) is 30.0 Å². The Labute approximate surface area is 228 Å². The summed E-state index contributed by atoms with van der Waals surface area (Å²) in [6.45, 7) is 7.25. The van der Waals surface area contributed by atoms with E-state index in [0.29, 0.717) is 57.1 Å². The minimum atomic E-state index is -3.02. The van der Waals surface area contributed by atoms with Gasteiger partial charge in [-0.3, -0.25) is 4.79 Å². The molecule has 0 radical (unpaired) electrons. The lowest BCUT2D eigenvalue weighted by atomic mass is 9.80. The van der Waals surface area contributed by atoms with Gasteiger partial charge in [-0.15, -0.1) is 0 Å². The number of aliphatic imine (C=N–C) groups is 1. The monoisotopic (exact) mass is 554 g/mol. The van der Waals surface area contributed by atoms with Gasteiger partial charge in [-0.2, -0.15) is 0 Å². The molecule has 0 aromatic carbocycles. The second-order valence-electron chi connectivity index (χ2n) is 11.9. The molecule has 0 spiro atoms. The molecular weight excluding hydrogens is 512 g/mol. The molecule has 2 N–H and O–H groups in total. The number of ether oxygens (including phenoxy) is 1. The van der Waals surface area contributed by atoms with E-state index in [-0.39, 0.29) is 42.6 Å². The van der Waals surface area contributed by atoms with Crippen LogP contribution in [0.3, 0.4) is 0 Å². The largest absolute Gasteiger partial charge is 0.380 e. The summed E-state index contributed by atoms with van der Waals surface area (Å²) in [6, 6.07) is 0. The maximum absolute atomic E-state index is 15.3. The quantitative estimate of drug-likeness (QED) is 0.226. The number of piperidine rings is 1. The first-order valence-electron chi connectivity index (χ1n) is 14.3. The normalized spacial score (nSPS) is 26.6. The van der Waals surface area contributed by atoms with E-state index < -0.39 is 29.6 Å². The van der Waals surface area contributed by atoms with Crippen molar-refractivity contribution < 1.29 is 27.1 Å². The van der Waals surface area contributed by atoms with Gasteiger partial charge in [-0.05, 0) is 76.7 Å². The van der Waals surface area contributed by atoms with Crippen LogP contribution < -0.4 is 5.32 Å². The summed E-state index contributed by atoms with van der Waals surface area (Å²) in [6.07, 6.45) is 5.76. The number of carbonyl (C=O) groups excluding carboxylic acids is 1. The molecule has 1 aromatic rings. The van der Waals surface area contributed by atoms with Crippen molar-refractivity contribution in [3.63, 3.8) is 0 Å². The molecule has 3 heterocycles. The molecule has 3 atom stereocenters. The molecule has 39 heavy (non-hydrogen) atoms. The average molecular weight is 555 g/mol. The van der Waals surface area contributed by atoms with E-state index >= 15 is 8.78 Å². The lowest BCUT2D eigenvalue weighted by molar-refractivity contribution is -0.126. The highest BCUT2D eigenvalue weighted by molar-refractivity contribution is 6.04. The second kappa shape index (κ2) is 11.7. The molecule has 6 nitrogen and oxygen atoms in total. The number of imidazole rings is 1. The number of rotatable bonds is 11. The van der Waals surface area contributed by atoms with Crippen molar-refractivity contribution in [1.82, 2.24) is 15.3 Å². The highest BCUT2D eigenvalue weighted by Crippen LogP contribution is 2.60. The number of H-pyrrole nitrogens is 1. The average Bonchev–Trinajstić information content (AvgIpc) is 3.56. The van der Waals surface area contributed by atoms with Crippen LogP contribution in [0, 0.1) is 17.3 Å². The first-order valence-corrected chi connectivity index (χ1v) is 14.3. The molecule has 3 fully saturated rings. The van der Waals surface area contributed by atoms with Gasteiger partial charge < -0.3 is 15.0 Å². The first-order chi connectivity index (χ1) is 18.4. The number of aromatic nitrogens is 2. The maximum atomic E-state index is 15.3. The Hall–Kier alpha value is -2.23. The third-order valence-electron chi connectivity index (χ3n) is 9.09. The summed E-state index contributed by atoms with van der Waals surface area (Å²) in [5, 5.41) is 2.89. The van der Waals surface area contributed by atoms with Gasteiger partial charge in [0.25, 0.3) is 11.8 Å². The smallest absolute Gasteiger partial charge is 0.260 e. The minimum Gasteiger partial charge on any atom is -0.380 e. The van der Waals surface area contributed by atoms with Crippen molar-refractivity contribution in [1.29, 1.82) is 0 Å². The standard InChI is InChI=1S/C29H42F4N4O2/c1-5-18(2)21(15-20-7-6-13-34-25(20)38)24(22-17-39-14-12-29(22,32)33)37-26-35-16-23(36-26)19(3)8-9-28(10-11-28)27(4,30)31/h16,19-20,22H,5-15,17H2,1-4H3,(H,34,38)(H,35,36)/b21-18?,37-24+/t19?,20-,22?/m1/s1. The summed E-state index contributed by atoms with van der Waals surface area (Å²) in [4.78, 5) is 24.8. The number of nitrogens with one attached hydrogen (secondary N) is 2. The van der Waals surface area contributed by atoms with Gasteiger partial charge in [0.15, 0.2) is 0 Å². The van der Waals surface area contributed by atoms with E-state index in [2.05, 4.69) is 20.3 Å². The number of allylic oxidation sites excluding steroid dienone is 2. The molecule has 10 heteroatoms. The van der Waals surface area contributed by atoms with Crippen molar-refractivity contribution in [2.75, 3.05) is 19.8 Å². The molecule has 2 saturated heterocycles. The van der Waals surface area contributed by atoms with E-state index in [1.165, 1.54) is 0 Å². The van der Waals surface area contributed by atoms with Crippen molar-refractivity contribution in [3.05, 3.63) is 23.0 Å². The molecule has 2 unspecified atom stereocenters. The fraction of sp³-hybridized carbons (Fsp3) is 0.759. The van der Waals surface area contributed by atoms with Crippen molar-refractivity contribution in [2.45, 2.75) is 103 Å². The van der Waals surface area contributed by atoms with E-state index in [9.17, 15) is 13.6 Å². The van der Waals surface area contributed by atoms with Crippen molar-refractivity contribution >= 4 is 17.6 Å². The van der Waals surface area contributed by atoms with Crippen LogP contribution in [0.2, 0.25) is 0 Å². The SMILES string of the molecule is CCC(C)=C(C[C@H]1CCCNC1=O)/C(=N\c1ncc(C(C)CCC2(C(C)(F)F)CC2)[nH]1)C1COCCC1(F)F. The van der Waals surface area contributed by atoms with E-state index in [4.69, 9.17) is 4.74 Å². The molecule has 1 aromatic heterocycles. The van der Waals surface area contributed by atoms with E-state index in [0.717, 1.165) is 24.6 Å². The Morgan fingerprint density at radius 3 is 2.67 bits per heavy atom. The molecule has 2 aliphatic heterocycles. The van der Waals surface area contributed by atoms with Crippen LogP contribution in [0.25, 0.3) is 0 Å². The molecular formula is C29H42F4N4O2. The zero-order chi connectivity index (χ0) is 28.4. The highest BCUT2D eigenvalue weighted by Gasteiger charge is 2.58. The van der Waals surface area contributed by atoms with Crippen LogP contribution in [0.15, 0.2) is 22.3 Å². The third kappa shape index (κ3) is 6.74. The zero-order valence-electron chi connectivity index (χ0n) is 23.5. The molecule has 218 valence electrons. The maximum Gasteiger partial charge on any atom is 0.260 e. The minimum absolute atomic E-state index is 0.0195. The fourth-order valence-corrected chi connectivity index (χ4v) is 5.78. The van der Waals surface area contributed by atoms with Gasteiger partial charge in [0.1, 0.15) is 0 Å². The number of carbonyl (C=O) groups is 1. The number of nitrogens with zero attached hydrogens (tertiary/aromatic N) is 2. The lowest BCUT2D eigenvalue weighted by Crippen LogP contribution is -2.44. The van der Waals surface area contributed by atoms with E-state index in [1.807, 2.05) is 20.8 Å². The van der Waals surface area contributed by atoms with Gasteiger partial charge in [-0.1, -0.05) is 19.4 Å². The summed E-state index contributed by atoms with van der Waals surface area (Å²) >= 11 is 0. The van der Waals surface area contributed by atoms with Gasteiger partial charge in [0.2, 0.25) is 11.9 Å². The highest BCUT2D eigenvalue weighted by atomic mass is 19.3. The Morgan fingerprint density at radius 2 is 2.05 bits per heavy atom. The zero-order valence-corrected chi connectivity index (χ0v) is 23.5. The Kier molecular flexibility index (Phi) is 8.93. The number of hydrogen-bond acceptors (Lipinski definition) is 4. The van der Waals surface area contributed by atoms with Crippen molar-refractivity contribution in [2.24, 2.45) is 22.2 Å². The first kappa shape index (κ1) is 29.7. The summed E-state index contributed by atoms with van der Waals surface area (Å²) < 4.78 is 64.1. The van der Waals surface area contributed by atoms with Gasteiger partial charge in [0.05, 0.1) is 31.0 Å². The molecule has 4 rings (SSSR count). The van der Waals surface area contributed by atoms with Crippen LogP contribution in [-0.4, -0.2) is 53.2 Å². The fourth-order valence-electron chi connectivity index (χ4n) is 5.78. The number of halogens is 4. The van der Waals surface area contributed by atoms with E-state index in [1.54, 1.807) is 6.20 Å². The van der Waals surface area contributed by atoms with Crippen LogP contribution in [0.4, 0.5) is 23.5 Å². The number of aromatic amines is 1. The second-order valence-corrected chi connectivity index (χ2v) is 11.9. The molecule has 1 aliphatic carbocycles. The van der Waals surface area contributed by atoms with Crippen molar-refractivity contribution in [3.8, 4) is 0 Å². The molecule has 1 amide bonds. The number of alkyl halides is 4. The Bertz CT molecular complexity index is 1090. The Balaban J connectivity index is 1.63. The predicted molar refractivity (Wildman–Crippen MR) is 143 cm³/mol. The summed E-state index contributed by atoms with van der Waals surface area (Å²) in [5.74, 6) is -7.22. The van der Waals surface area contributed by atoms with Crippen LogP contribution >= 0.6 is 0 Å². The molecule has 0 bridgehead atoms. The van der Waals surface area contributed by atoms with Crippen LogP contribution in [0.1, 0.15) is 97.1 Å². The molecule has 1 saturated carbocycles. The van der Waals surface area contributed by atoms with Crippen LogP contribution in [0.5, 0.6) is 0 Å². The van der Waals surface area contributed by atoms with Crippen LogP contribution in [-0.2, 0) is 9.53 Å². The summed E-state index contributed by atoms with van der Waals surface area (Å²) in [7, 11) is 0. The van der Waals surface area contributed by atoms with Gasteiger partial charge in [-0.25, -0.2) is 27.5 Å². The lowest BCUT2D eigenvalue weighted by Gasteiger charge is -2.34. The Morgan fingerprint density at radius 1 is 1.31 bits per heavy atom. The molecule has 3 aliphatic rings. The predicted octanol–water partition coefficient (Wildman–Crippen LogP) is 7.12. The summed E-state index contributed by atoms with van der Waals surface area (Å²) in [5.41, 5.74) is 1.61. The number of amides is 1. The topological polar surface area (TPSA) is 79.4 Å². The number of hydrogen-bond donors (Lipinski definition) is 2. The van der Waals surface area contributed by atoms with Gasteiger partial charge >= 0.3 is 0 Å².